The molecule has 0 spiro atoms. The molecule has 0 bridgehead atoms. The Kier molecular flexibility index (Phi) is 12.2. The van der Waals surface area contributed by atoms with Crippen LogP contribution in [0.2, 0.25) is 0 Å². The molecule has 1 rings (SSSR count). The van der Waals surface area contributed by atoms with Crippen molar-refractivity contribution < 1.29 is 24.5 Å². The van der Waals surface area contributed by atoms with Crippen molar-refractivity contribution in [1.82, 2.24) is 0 Å². The number of aromatic hydroxyl groups is 1. The number of phenolic OH excluding ortho intramolecular Hbond substituents is 1. The molecule has 0 heterocycles. The van der Waals surface area contributed by atoms with Gasteiger partial charge in [-0.3, -0.25) is 0 Å². The van der Waals surface area contributed by atoms with Crippen LogP contribution in [0, 0.1) is 0 Å². The van der Waals surface area contributed by atoms with Crippen molar-refractivity contribution in [3.8, 4) is 17.2 Å². The summed E-state index contributed by atoms with van der Waals surface area (Å²) in [6.45, 7) is 6.99. The molecule has 28 heavy (non-hydrogen) atoms. The summed E-state index contributed by atoms with van der Waals surface area (Å²) in [5, 5.41) is 19.7. The summed E-state index contributed by atoms with van der Waals surface area (Å²) in [6.07, 6.45) is 11.0. The van der Waals surface area contributed by atoms with E-state index < -0.39 is 6.16 Å². The Bertz CT molecular complexity index is 583. The normalized spacial score (nSPS) is 10.8. The van der Waals surface area contributed by atoms with Crippen molar-refractivity contribution >= 4 is 6.16 Å². The molecule has 0 saturated carbocycles. The average molecular weight is 395 g/mol. The van der Waals surface area contributed by atoms with Crippen LogP contribution < -0.4 is 9.47 Å². The first-order valence-corrected chi connectivity index (χ1v) is 11.0. The number of rotatable bonds is 15. The van der Waals surface area contributed by atoms with Crippen LogP contribution in [0.25, 0.3) is 0 Å². The lowest BCUT2D eigenvalue weighted by molar-refractivity contribution is 0.142. The molecule has 160 valence electrons. The van der Waals surface area contributed by atoms with E-state index in [0.717, 1.165) is 88.2 Å². The molecule has 0 aromatic heterocycles. The van der Waals surface area contributed by atoms with Gasteiger partial charge < -0.3 is 19.7 Å². The van der Waals surface area contributed by atoms with Crippen molar-refractivity contribution in [3.63, 3.8) is 0 Å². The number of hydrogen-bond donors (Lipinski definition) is 2. The Morgan fingerprint density at radius 1 is 0.893 bits per heavy atom. The molecule has 0 aliphatic carbocycles. The predicted octanol–water partition coefficient (Wildman–Crippen LogP) is 6.87. The molecule has 0 fully saturated rings. The summed E-state index contributed by atoms with van der Waals surface area (Å²) >= 11 is 0. The molecule has 0 radical (unpaired) electrons. The Morgan fingerprint density at radius 2 is 1.50 bits per heavy atom. The number of aryl methyl sites for hydroxylation is 1. The van der Waals surface area contributed by atoms with Crippen molar-refractivity contribution in [2.24, 2.45) is 0 Å². The molecule has 0 amide bonds. The predicted molar refractivity (Wildman–Crippen MR) is 113 cm³/mol. The van der Waals surface area contributed by atoms with Gasteiger partial charge in [-0.2, -0.15) is 0 Å². The molecule has 0 atom stereocenters. The summed E-state index contributed by atoms with van der Waals surface area (Å²) < 4.78 is 10.8. The van der Waals surface area contributed by atoms with Gasteiger partial charge in [-0.1, -0.05) is 65.7 Å². The van der Waals surface area contributed by atoms with E-state index in [1.165, 1.54) is 0 Å². The van der Waals surface area contributed by atoms with Crippen LogP contribution in [0.3, 0.4) is 0 Å². The van der Waals surface area contributed by atoms with E-state index in [4.69, 9.17) is 14.6 Å². The Labute approximate surface area is 170 Å². The minimum Gasteiger partial charge on any atom is -0.502 e. The van der Waals surface area contributed by atoms with Gasteiger partial charge in [0.05, 0.1) is 6.61 Å². The van der Waals surface area contributed by atoms with Gasteiger partial charge in [0, 0.05) is 5.56 Å². The van der Waals surface area contributed by atoms with Crippen molar-refractivity contribution in [3.05, 3.63) is 17.2 Å². The van der Waals surface area contributed by atoms with Crippen molar-refractivity contribution in [2.45, 2.75) is 97.8 Å². The van der Waals surface area contributed by atoms with Gasteiger partial charge >= 0.3 is 6.16 Å². The number of phenols is 1. The lowest BCUT2D eigenvalue weighted by Gasteiger charge is -2.19. The number of carbonyl (C=O) groups is 1. The first kappa shape index (κ1) is 24.1. The molecule has 1 aromatic carbocycles. The number of carboxylic acid groups (broad SMARTS) is 1. The van der Waals surface area contributed by atoms with Crippen LogP contribution in [0.5, 0.6) is 17.2 Å². The Hall–Kier alpha value is -1.91. The smallest absolute Gasteiger partial charge is 0.502 e. The molecule has 5 nitrogen and oxygen atoms in total. The first-order chi connectivity index (χ1) is 13.5. The standard InChI is InChI=1S/C23H38O5/c1-4-7-10-13-16-27-22-19(15-12-9-6-3)18(14-11-8-5-2)17-20(21(22)24)28-23(25)26/h17,24H,4-16H2,1-3H3,(H,25,26). The van der Waals surface area contributed by atoms with Crippen LogP contribution in [-0.2, 0) is 12.8 Å². The van der Waals surface area contributed by atoms with Gasteiger partial charge in [-0.05, 0) is 43.7 Å². The van der Waals surface area contributed by atoms with E-state index in [-0.39, 0.29) is 11.5 Å². The highest BCUT2D eigenvalue weighted by Gasteiger charge is 2.21. The van der Waals surface area contributed by atoms with Gasteiger partial charge in [-0.15, -0.1) is 0 Å². The second kappa shape index (κ2) is 14.1. The van der Waals surface area contributed by atoms with Crippen LogP contribution in [0.4, 0.5) is 4.79 Å². The van der Waals surface area contributed by atoms with Gasteiger partial charge in [0.15, 0.2) is 11.5 Å². The zero-order valence-corrected chi connectivity index (χ0v) is 17.9. The second-order valence-electron chi connectivity index (χ2n) is 7.38. The molecular weight excluding hydrogens is 356 g/mol. The molecule has 0 aliphatic rings. The maximum atomic E-state index is 11.1. The number of benzene rings is 1. The fourth-order valence-electron chi connectivity index (χ4n) is 3.36. The Balaban J connectivity index is 3.16. The number of ether oxygens (including phenoxy) is 2. The van der Waals surface area contributed by atoms with Crippen LogP contribution >= 0.6 is 0 Å². The minimum absolute atomic E-state index is 0.0261. The van der Waals surface area contributed by atoms with E-state index in [0.29, 0.717) is 12.4 Å². The van der Waals surface area contributed by atoms with Crippen molar-refractivity contribution in [2.75, 3.05) is 6.61 Å². The second-order valence-corrected chi connectivity index (χ2v) is 7.38. The lowest BCUT2D eigenvalue weighted by Crippen LogP contribution is -2.08. The fraction of sp³-hybridized carbons (Fsp3) is 0.696. The molecule has 0 saturated heterocycles. The van der Waals surface area contributed by atoms with E-state index in [1.54, 1.807) is 6.07 Å². The first-order valence-electron chi connectivity index (χ1n) is 11.0. The zero-order valence-electron chi connectivity index (χ0n) is 17.9. The summed E-state index contributed by atoms with van der Waals surface area (Å²) in [5.41, 5.74) is 2.04. The summed E-state index contributed by atoms with van der Waals surface area (Å²) in [7, 11) is 0. The van der Waals surface area contributed by atoms with E-state index in [2.05, 4.69) is 20.8 Å². The van der Waals surface area contributed by atoms with Gasteiger partial charge in [0.2, 0.25) is 5.75 Å². The molecule has 2 N–H and O–H groups in total. The molecular formula is C23H38O5. The fourth-order valence-corrected chi connectivity index (χ4v) is 3.36. The van der Waals surface area contributed by atoms with E-state index >= 15 is 0 Å². The maximum absolute atomic E-state index is 11.1. The van der Waals surface area contributed by atoms with Gasteiger partial charge in [-0.25, -0.2) is 4.79 Å². The molecule has 1 aromatic rings. The lowest BCUT2D eigenvalue weighted by atomic mass is 9.95. The highest BCUT2D eigenvalue weighted by atomic mass is 16.7. The topological polar surface area (TPSA) is 76.0 Å². The third-order valence-corrected chi connectivity index (χ3v) is 4.94. The number of hydrogen-bond acceptors (Lipinski definition) is 4. The van der Waals surface area contributed by atoms with Crippen LogP contribution in [0.15, 0.2) is 6.07 Å². The van der Waals surface area contributed by atoms with E-state index in [1.807, 2.05) is 0 Å². The third kappa shape index (κ3) is 8.41. The summed E-state index contributed by atoms with van der Waals surface area (Å²) in [5.74, 6) is 0.197. The Morgan fingerprint density at radius 3 is 2.11 bits per heavy atom. The SMILES string of the molecule is CCCCCCOc1c(O)c(OC(=O)O)cc(CCCCC)c1CCCCC. The average Bonchev–Trinajstić information content (AvgIpc) is 2.66. The zero-order chi connectivity index (χ0) is 20.8. The molecule has 0 aliphatic heterocycles. The molecule has 5 heteroatoms. The highest BCUT2D eigenvalue weighted by Crippen LogP contribution is 2.43. The van der Waals surface area contributed by atoms with E-state index in [9.17, 15) is 9.90 Å². The maximum Gasteiger partial charge on any atom is 0.511 e. The molecule has 0 unspecified atom stereocenters. The van der Waals surface area contributed by atoms with Gasteiger partial charge in [0.25, 0.3) is 0 Å². The largest absolute Gasteiger partial charge is 0.511 e. The van der Waals surface area contributed by atoms with Gasteiger partial charge in [0.1, 0.15) is 0 Å². The monoisotopic (exact) mass is 394 g/mol. The summed E-state index contributed by atoms with van der Waals surface area (Å²) in [6, 6.07) is 1.68. The van der Waals surface area contributed by atoms with Crippen molar-refractivity contribution in [1.29, 1.82) is 0 Å². The highest BCUT2D eigenvalue weighted by molar-refractivity contribution is 5.66. The minimum atomic E-state index is -1.43. The third-order valence-electron chi connectivity index (χ3n) is 4.94. The number of unbranched alkanes of at least 4 members (excludes halogenated alkanes) is 7. The van der Waals surface area contributed by atoms with Crippen LogP contribution in [-0.4, -0.2) is 23.0 Å². The quantitative estimate of drug-likeness (QED) is 0.193. The summed E-state index contributed by atoms with van der Waals surface area (Å²) in [4.78, 5) is 11.1. The van der Waals surface area contributed by atoms with Crippen LogP contribution in [0.1, 0.15) is 96.1 Å².